The standard InChI is InChI=1S/C13H16Cl2N2O3/c1-3-11(16-13(18)12(14)15)8(2)9-4-6-10(7-5-9)17(19)20/h4-8,11-12H,3H2,1-2H3,(H,16,18)/t8-,11-/m1/s1. The number of benzene rings is 1. The molecule has 7 heteroatoms. The summed E-state index contributed by atoms with van der Waals surface area (Å²) < 4.78 is 0. The van der Waals surface area contributed by atoms with Crippen LogP contribution in [0.5, 0.6) is 0 Å². The van der Waals surface area contributed by atoms with Crippen LogP contribution >= 0.6 is 23.2 Å². The predicted octanol–water partition coefficient (Wildman–Crippen LogP) is 3.40. The van der Waals surface area contributed by atoms with E-state index in [4.69, 9.17) is 23.2 Å². The Labute approximate surface area is 127 Å². The van der Waals surface area contributed by atoms with Crippen molar-refractivity contribution in [3.05, 3.63) is 39.9 Å². The largest absolute Gasteiger partial charge is 0.350 e. The van der Waals surface area contributed by atoms with Crippen LogP contribution < -0.4 is 5.32 Å². The van der Waals surface area contributed by atoms with Gasteiger partial charge in [0.2, 0.25) is 0 Å². The molecule has 5 nitrogen and oxygen atoms in total. The highest BCUT2D eigenvalue weighted by Crippen LogP contribution is 2.24. The summed E-state index contributed by atoms with van der Waals surface area (Å²) in [6.07, 6.45) is 0.699. The van der Waals surface area contributed by atoms with Gasteiger partial charge in [0.25, 0.3) is 11.6 Å². The lowest BCUT2D eigenvalue weighted by atomic mass is 9.91. The van der Waals surface area contributed by atoms with Crippen LogP contribution in [0.3, 0.4) is 0 Å². The fraction of sp³-hybridized carbons (Fsp3) is 0.462. The molecule has 2 atom stereocenters. The van der Waals surface area contributed by atoms with Gasteiger partial charge in [-0.25, -0.2) is 0 Å². The first-order valence-electron chi connectivity index (χ1n) is 6.19. The number of non-ortho nitro benzene ring substituents is 1. The maximum atomic E-state index is 11.5. The van der Waals surface area contributed by atoms with Gasteiger partial charge in [0, 0.05) is 24.1 Å². The van der Waals surface area contributed by atoms with Crippen molar-refractivity contribution >= 4 is 34.8 Å². The second-order valence-electron chi connectivity index (χ2n) is 4.46. The highest BCUT2D eigenvalue weighted by molar-refractivity contribution is 6.53. The van der Waals surface area contributed by atoms with Crippen LogP contribution in [0.25, 0.3) is 0 Å². The third-order valence-electron chi connectivity index (χ3n) is 3.20. The van der Waals surface area contributed by atoms with Gasteiger partial charge in [0.15, 0.2) is 4.84 Å². The average molecular weight is 319 g/mol. The van der Waals surface area contributed by atoms with E-state index in [9.17, 15) is 14.9 Å². The zero-order valence-corrected chi connectivity index (χ0v) is 12.7. The van der Waals surface area contributed by atoms with Crippen LogP contribution in [-0.2, 0) is 4.79 Å². The summed E-state index contributed by atoms with van der Waals surface area (Å²) in [4.78, 5) is 20.6. The molecule has 1 amide bonds. The minimum atomic E-state index is -1.10. The molecule has 20 heavy (non-hydrogen) atoms. The van der Waals surface area contributed by atoms with Crippen LogP contribution in [0.15, 0.2) is 24.3 Å². The Bertz CT molecular complexity index is 477. The van der Waals surface area contributed by atoms with Crippen LogP contribution in [0.1, 0.15) is 31.7 Å². The van der Waals surface area contributed by atoms with E-state index in [1.807, 2.05) is 13.8 Å². The topological polar surface area (TPSA) is 72.2 Å². The number of rotatable bonds is 6. The molecular weight excluding hydrogens is 303 g/mol. The van der Waals surface area contributed by atoms with E-state index >= 15 is 0 Å². The summed E-state index contributed by atoms with van der Waals surface area (Å²) in [5.74, 6) is -0.439. The number of hydrogen-bond donors (Lipinski definition) is 1. The van der Waals surface area contributed by atoms with Crippen molar-refractivity contribution in [3.8, 4) is 0 Å². The van der Waals surface area contributed by atoms with Crippen molar-refractivity contribution < 1.29 is 9.72 Å². The van der Waals surface area contributed by atoms with Crippen molar-refractivity contribution in [1.82, 2.24) is 5.32 Å². The van der Waals surface area contributed by atoms with E-state index in [-0.39, 0.29) is 17.6 Å². The van der Waals surface area contributed by atoms with Crippen molar-refractivity contribution in [2.24, 2.45) is 0 Å². The summed E-state index contributed by atoms with van der Waals surface area (Å²) in [7, 11) is 0. The fourth-order valence-corrected chi connectivity index (χ4v) is 2.08. The molecular formula is C13H16Cl2N2O3. The summed E-state index contributed by atoms with van der Waals surface area (Å²) >= 11 is 11.0. The number of nitrogens with one attached hydrogen (secondary N) is 1. The molecule has 1 N–H and O–H groups in total. The first kappa shape index (κ1) is 16.7. The molecule has 110 valence electrons. The summed E-state index contributed by atoms with van der Waals surface area (Å²) in [6.45, 7) is 3.87. The molecule has 1 aromatic carbocycles. The lowest BCUT2D eigenvalue weighted by Gasteiger charge is -2.24. The molecule has 0 aliphatic rings. The van der Waals surface area contributed by atoms with Crippen molar-refractivity contribution in [3.63, 3.8) is 0 Å². The van der Waals surface area contributed by atoms with Gasteiger partial charge in [-0.3, -0.25) is 14.9 Å². The molecule has 0 saturated carbocycles. The summed E-state index contributed by atoms with van der Waals surface area (Å²) in [5, 5.41) is 13.4. The highest BCUT2D eigenvalue weighted by Gasteiger charge is 2.22. The monoisotopic (exact) mass is 318 g/mol. The smallest absolute Gasteiger partial charge is 0.269 e. The second-order valence-corrected chi connectivity index (χ2v) is 5.56. The van der Waals surface area contributed by atoms with Gasteiger partial charge in [-0.1, -0.05) is 49.2 Å². The molecule has 0 saturated heterocycles. The SMILES string of the molecule is CC[C@@H](NC(=O)C(Cl)Cl)[C@H](C)c1ccc([N+](=O)[O-])cc1. The Morgan fingerprint density at radius 1 is 1.35 bits per heavy atom. The maximum absolute atomic E-state index is 11.5. The van der Waals surface area contributed by atoms with Crippen LogP contribution in [-0.4, -0.2) is 21.7 Å². The van der Waals surface area contributed by atoms with E-state index in [1.54, 1.807) is 12.1 Å². The third kappa shape index (κ3) is 4.35. The van der Waals surface area contributed by atoms with Gasteiger partial charge >= 0.3 is 0 Å². The van der Waals surface area contributed by atoms with E-state index in [1.165, 1.54) is 12.1 Å². The summed E-state index contributed by atoms with van der Waals surface area (Å²) in [5.41, 5.74) is 0.947. The molecule has 0 fully saturated rings. The maximum Gasteiger partial charge on any atom is 0.269 e. The van der Waals surface area contributed by atoms with Gasteiger partial charge in [-0.05, 0) is 12.0 Å². The predicted molar refractivity (Wildman–Crippen MR) is 79.2 cm³/mol. The molecule has 1 aromatic rings. The Morgan fingerprint density at radius 3 is 2.30 bits per heavy atom. The van der Waals surface area contributed by atoms with Crippen LogP contribution in [0.4, 0.5) is 5.69 Å². The number of carbonyl (C=O) groups is 1. The number of alkyl halides is 2. The van der Waals surface area contributed by atoms with Crippen molar-refractivity contribution in [2.45, 2.75) is 37.1 Å². The number of nitrogens with zero attached hydrogens (tertiary/aromatic N) is 1. The molecule has 0 bridgehead atoms. The lowest BCUT2D eigenvalue weighted by molar-refractivity contribution is -0.384. The van der Waals surface area contributed by atoms with Gasteiger partial charge < -0.3 is 5.32 Å². The molecule has 0 aliphatic carbocycles. The Kier molecular flexibility index (Phi) is 6.23. The number of amides is 1. The van der Waals surface area contributed by atoms with E-state index in [0.29, 0.717) is 6.42 Å². The van der Waals surface area contributed by atoms with Crippen molar-refractivity contribution in [2.75, 3.05) is 0 Å². The molecule has 0 unspecified atom stereocenters. The van der Waals surface area contributed by atoms with Crippen LogP contribution in [0, 0.1) is 10.1 Å². The minimum Gasteiger partial charge on any atom is -0.350 e. The fourth-order valence-electron chi connectivity index (χ4n) is 1.96. The molecule has 1 rings (SSSR count). The number of nitro benzene ring substituents is 1. The number of halogens is 2. The van der Waals surface area contributed by atoms with Gasteiger partial charge in [-0.2, -0.15) is 0 Å². The van der Waals surface area contributed by atoms with Gasteiger partial charge in [0.05, 0.1) is 4.92 Å². The number of hydrogen-bond acceptors (Lipinski definition) is 3. The number of carbonyl (C=O) groups excluding carboxylic acids is 1. The van der Waals surface area contributed by atoms with Crippen LogP contribution in [0.2, 0.25) is 0 Å². The molecule has 0 aromatic heterocycles. The van der Waals surface area contributed by atoms with Crippen molar-refractivity contribution in [1.29, 1.82) is 0 Å². The van der Waals surface area contributed by atoms with E-state index < -0.39 is 15.7 Å². The number of nitro groups is 1. The average Bonchev–Trinajstić information content (AvgIpc) is 2.43. The molecule has 0 aliphatic heterocycles. The molecule has 0 heterocycles. The Balaban J connectivity index is 2.82. The Morgan fingerprint density at radius 2 is 1.90 bits per heavy atom. The lowest BCUT2D eigenvalue weighted by Crippen LogP contribution is -2.40. The Hall–Kier alpha value is -1.33. The zero-order chi connectivity index (χ0) is 15.3. The van der Waals surface area contributed by atoms with E-state index in [2.05, 4.69) is 5.32 Å². The van der Waals surface area contributed by atoms with E-state index in [0.717, 1.165) is 5.56 Å². The molecule has 0 spiro atoms. The second kappa shape index (κ2) is 7.45. The van der Waals surface area contributed by atoms with Gasteiger partial charge in [0.1, 0.15) is 0 Å². The minimum absolute atomic E-state index is 0.00293. The quantitative estimate of drug-likeness (QED) is 0.496. The highest BCUT2D eigenvalue weighted by atomic mass is 35.5. The first-order chi connectivity index (χ1) is 9.36. The summed E-state index contributed by atoms with van der Waals surface area (Å²) in [6, 6.07) is 6.15. The van der Waals surface area contributed by atoms with Gasteiger partial charge in [-0.15, -0.1) is 0 Å². The normalized spacial score (nSPS) is 13.8. The zero-order valence-electron chi connectivity index (χ0n) is 11.2. The first-order valence-corrected chi connectivity index (χ1v) is 7.07. The molecule has 0 radical (unpaired) electrons. The third-order valence-corrected chi connectivity index (χ3v) is 3.60.